The fraction of sp³-hybridized carbons (Fsp3) is 0.714. The molecular formula is C14H23N3OS. The van der Waals surface area contributed by atoms with Gasteiger partial charge in [0, 0.05) is 29.8 Å². The molecule has 1 aromatic rings. The van der Waals surface area contributed by atoms with Crippen LogP contribution in [-0.2, 0) is 11.2 Å². The summed E-state index contributed by atoms with van der Waals surface area (Å²) in [5.41, 5.74) is 1.11. The van der Waals surface area contributed by atoms with Crippen molar-refractivity contribution >= 4 is 17.6 Å². The van der Waals surface area contributed by atoms with Crippen LogP contribution < -0.4 is 5.32 Å². The average molecular weight is 281 g/mol. The average Bonchev–Trinajstić information content (AvgIpc) is 2.39. The van der Waals surface area contributed by atoms with Crippen LogP contribution in [0.1, 0.15) is 38.4 Å². The van der Waals surface area contributed by atoms with Crippen molar-refractivity contribution in [3.05, 3.63) is 17.6 Å². The van der Waals surface area contributed by atoms with E-state index in [-0.39, 0.29) is 6.10 Å². The summed E-state index contributed by atoms with van der Waals surface area (Å²) < 4.78 is 5.78. The minimum absolute atomic E-state index is 0.0447. The molecule has 2 rings (SSSR count). The Hall–Kier alpha value is -0.810. The number of nitrogens with one attached hydrogen (secondary N) is 1. The van der Waals surface area contributed by atoms with E-state index in [1.807, 2.05) is 11.8 Å². The molecule has 1 saturated heterocycles. The number of aromatic nitrogens is 2. The van der Waals surface area contributed by atoms with Crippen molar-refractivity contribution in [1.29, 1.82) is 0 Å². The van der Waals surface area contributed by atoms with Gasteiger partial charge in [0.05, 0.1) is 6.61 Å². The first-order valence-electron chi connectivity index (χ1n) is 7.00. The quantitative estimate of drug-likeness (QED) is 0.899. The molecule has 0 spiro atoms. The minimum Gasteiger partial charge on any atom is -0.370 e. The van der Waals surface area contributed by atoms with E-state index in [1.165, 1.54) is 0 Å². The monoisotopic (exact) mass is 281 g/mol. The van der Waals surface area contributed by atoms with Crippen molar-refractivity contribution in [3.63, 3.8) is 0 Å². The maximum Gasteiger partial charge on any atom is 0.160 e. The first kappa shape index (κ1) is 14.6. The molecule has 4 nitrogen and oxygen atoms in total. The van der Waals surface area contributed by atoms with Crippen LogP contribution in [-0.4, -0.2) is 34.6 Å². The van der Waals surface area contributed by atoms with Crippen LogP contribution >= 0.6 is 11.8 Å². The molecule has 0 amide bonds. The van der Waals surface area contributed by atoms with E-state index in [4.69, 9.17) is 9.72 Å². The second-order valence-corrected chi connectivity index (χ2v) is 6.32. The minimum atomic E-state index is 0.0447. The largest absolute Gasteiger partial charge is 0.370 e. The van der Waals surface area contributed by atoms with E-state index >= 15 is 0 Å². The summed E-state index contributed by atoms with van der Waals surface area (Å²) >= 11 is 1.91. The second kappa shape index (κ2) is 7.10. The number of hydrogen-bond donors (Lipinski definition) is 1. The summed E-state index contributed by atoms with van der Waals surface area (Å²) in [6.07, 6.45) is 1.02. The molecule has 1 unspecified atom stereocenters. The van der Waals surface area contributed by atoms with Crippen molar-refractivity contribution in [1.82, 2.24) is 9.97 Å². The summed E-state index contributed by atoms with van der Waals surface area (Å²) in [5, 5.41) is 3.29. The maximum atomic E-state index is 5.78. The number of anilines is 1. The Labute approximate surface area is 119 Å². The summed E-state index contributed by atoms with van der Waals surface area (Å²) in [6.45, 7) is 8.17. The Morgan fingerprint density at radius 2 is 2.32 bits per heavy atom. The van der Waals surface area contributed by atoms with E-state index < -0.39 is 0 Å². The van der Waals surface area contributed by atoms with Gasteiger partial charge in [0.15, 0.2) is 5.82 Å². The molecular weight excluding hydrogens is 258 g/mol. The molecule has 0 radical (unpaired) electrons. The van der Waals surface area contributed by atoms with Gasteiger partial charge in [-0.05, 0) is 19.3 Å². The van der Waals surface area contributed by atoms with Crippen molar-refractivity contribution in [2.75, 3.05) is 30.0 Å². The van der Waals surface area contributed by atoms with Gasteiger partial charge in [-0.25, -0.2) is 9.97 Å². The molecule has 2 heterocycles. The molecule has 0 saturated carbocycles. The van der Waals surface area contributed by atoms with Gasteiger partial charge < -0.3 is 10.1 Å². The lowest BCUT2D eigenvalue weighted by molar-refractivity contribution is 0.0693. The van der Waals surface area contributed by atoms with E-state index in [0.717, 1.165) is 48.4 Å². The number of rotatable bonds is 5. The van der Waals surface area contributed by atoms with Crippen LogP contribution in [0, 0.1) is 5.92 Å². The molecule has 1 N–H and O–H groups in total. The summed E-state index contributed by atoms with van der Waals surface area (Å²) in [4.78, 5) is 9.28. The lowest BCUT2D eigenvalue weighted by Crippen LogP contribution is -2.19. The number of hydrogen-bond acceptors (Lipinski definition) is 5. The van der Waals surface area contributed by atoms with E-state index in [1.54, 1.807) is 0 Å². The summed E-state index contributed by atoms with van der Waals surface area (Å²) in [7, 11) is 0. The zero-order chi connectivity index (χ0) is 13.7. The molecule has 1 aliphatic heterocycles. The zero-order valence-corrected chi connectivity index (χ0v) is 12.8. The Bertz CT molecular complexity index is 406. The van der Waals surface area contributed by atoms with Crippen LogP contribution in [0.3, 0.4) is 0 Å². The third-order valence-corrected chi connectivity index (χ3v) is 3.87. The SMILES string of the molecule is CCNc1cc(CC(C)C)nc(C2CSCCO2)n1. The Morgan fingerprint density at radius 3 is 2.95 bits per heavy atom. The molecule has 0 aliphatic carbocycles. The predicted octanol–water partition coefficient (Wildman–Crippen LogP) is 2.91. The summed E-state index contributed by atoms with van der Waals surface area (Å²) in [6, 6.07) is 2.06. The predicted molar refractivity (Wildman–Crippen MR) is 80.8 cm³/mol. The first-order chi connectivity index (χ1) is 9.19. The van der Waals surface area contributed by atoms with Crippen molar-refractivity contribution in [3.8, 4) is 0 Å². The maximum absolute atomic E-state index is 5.78. The highest BCUT2D eigenvalue weighted by molar-refractivity contribution is 7.99. The van der Waals surface area contributed by atoms with Gasteiger partial charge in [0.25, 0.3) is 0 Å². The molecule has 5 heteroatoms. The number of ether oxygens (including phenoxy) is 1. The highest BCUT2D eigenvalue weighted by atomic mass is 32.2. The Morgan fingerprint density at radius 1 is 1.47 bits per heavy atom. The fourth-order valence-corrected chi connectivity index (χ4v) is 2.93. The van der Waals surface area contributed by atoms with Gasteiger partial charge >= 0.3 is 0 Å². The van der Waals surface area contributed by atoms with E-state index in [9.17, 15) is 0 Å². The fourth-order valence-electron chi connectivity index (χ4n) is 2.09. The lowest BCUT2D eigenvalue weighted by Gasteiger charge is -2.22. The van der Waals surface area contributed by atoms with Crippen LogP contribution in [0.2, 0.25) is 0 Å². The van der Waals surface area contributed by atoms with Crippen LogP contribution in [0.15, 0.2) is 6.07 Å². The zero-order valence-electron chi connectivity index (χ0n) is 12.0. The van der Waals surface area contributed by atoms with Crippen molar-refractivity contribution < 1.29 is 4.74 Å². The third-order valence-electron chi connectivity index (χ3n) is 2.88. The van der Waals surface area contributed by atoms with Gasteiger partial charge in [-0.15, -0.1) is 0 Å². The normalized spacial score (nSPS) is 19.7. The van der Waals surface area contributed by atoms with Crippen LogP contribution in [0.4, 0.5) is 5.82 Å². The smallest absolute Gasteiger partial charge is 0.160 e. The van der Waals surface area contributed by atoms with Gasteiger partial charge in [-0.3, -0.25) is 0 Å². The van der Waals surface area contributed by atoms with Gasteiger partial charge in [-0.2, -0.15) is 11.8 Å². The topological polar surface area (TPSA) is 47.0 Å². The van der Waals surface area contributed by atoms with Crippen molar-refractivity contribution in [2.45, 2.75) is 33.3 Å². The molecule has 1 fully saturated rings. The van der Waals surface area contributed by atoms with Crippen molar-refractivity contribution in [2.24, 2.45) is 5.92 Å². The standard InChI is InChI=1S/C14H23N3OS/c1-4-15-13-8-11(7-10(2)3)16-14(17-13)12-9-19-6-5-18-12/h8,10,12H,4-7,9H2,1-3H3,(H,15,16,17). The van der Waals surface area contributed by atoms with Gasteiger partial charge in [-0.1, -0.05) is 13.8 Å². The highest BCUT2D eigenvalue weighted by Crippen LogP contribution is 2.25. The third kappa shape index (κ3) is 4.35. The van der Waals surface area contributed by atoms with Crippen LogP contribution in [0.5, 0.6) is 0 Å². The van der Waals surface area contributed by atoms with Gasteiger partial charge in [0.2, 0.25) is 0 Å². The molecule has 1 atom stereocenters. The summed E-state index contributed by atoms with van der Waals surface area (Å²) in [5.74, 6) is 4.38. The lowest BCUT2D eigenvalue weighted by atomic mass is 10.1. The van der Waals surface area contributed by atoms with Crippen LogP contribution in [0.25, 0.3) is 0 Å². The van der Waals surface area contributed by atoms with E-state index in [0.29, 0.717) is 5.92 Å². The molecule has 106 valence electrons. The molecule has 0 bridgehead atoms. The molecule has 1 aliphatic rings. The molecule has 19 heavy (non-hydrogen) atoms. The number of nitrogens with zero attached hydrogens (tertiary/aromatic N) is 2. The Balaban J connectivity index is 2.21. The van der Waals surface area contributed by atoms with Gasteiger partial charge in [0.1, 0.15) is 11.9 Å². The first-order valence-corrected chi connectivity index (χ1v) is 8.15. The number of thioether (sulfide) groups is 1. The molecule has 0 aromatic carbocycles. The van der Waals surface area contributed by atoms with E-state index in [2.05, 4.69) is 37.1 Å². The molecule has 1 aromatic heterocycles. The Kier molecular flexibility index (Phi) is 5.45. The second-order valence-electron chi connectivity index (χ2n) is 5.17. The highest BCUT2D eigenvalue weighted by Gasteiger charge is 2.20.